The van der Waals surface area contributed by atoms with E-state index in [2.05, 4.69) is 0 Å². The van der Waals surface area contributed by atoms with Gasteiger partial charge >= 0.3 is 0 Å². The van der Waals surface area contributed by atoms with Gasteiger partial charge in [0.25, 0.3) is 0 Å². The molecule has 0 fully saturated rings. The van der Waals surface area contributed by atoms with Crippen LogP contribution in [0.15, 0.2) is 18.2 Å². The molecule has 0 bridgehead atoms. The highest BCUT2D eigenvalue weighted by Crippen LogP contribution is 2.20. The number of hydrogen-bond acceptors (Lipinski definition) is 3. The fraction of sp³-hybridized carbons (Fsp3) is 0.538. The van der Waals surface area contributed by atoms with E-state index in [0.717, 1.165) is 5.56 Å². The minimum Gasteiger partial charge on any atom is -0.351 e. The van der Waals surface area contributed by atoms with Crippen LogP contribution in [0.5, 0.6) is 0 Å². The topological polar surface area (TPSA) is 44.5 Å². The van der Waals surface area contributed by atoms with Crippen molar-refractivity contribution >= 4 is 0 Å². The van der Waals surface area contributed by atoms with Crippen molar-refractivity contribution in [2.24, 2.45) is 5.73 Å². The van der Waals surface area contributed by atoms with Gasteiger partial charge in [-0.25, -0.2) is 4.39 Å². The molecule has 0 saturated heterocycles. The van der Waals surface area contributed by atoms with Crippen molar-refractivity contribution in [3.05, 3.63) is 35.1 Å². The Hall–Kier alpha value is -0.970. The molecular weight excluding hydrogens is 221 g/mol. The summed E-state index contributed by atoms with van der Waals surface area (Å²) in [5.74, 6) is -0.231. The van der Waals surface area contributed by atoms with Gasteiger partial charge in [-0.15, -0.1) is 0 Å². The molecule has 0 spiro atoms. The maximum Gasteiger partial charge on any atom is 0.176 e. The minimum atomic E-state index is -0.491. The highest BCUT2D eigenvalue weighted by Gasteiger charge is 2.20. The average Bonchev–Trinajstić information content (AvgIpc) is 2.31. The molecule has 0 aromatic heterocycles. The van der Waals surface area contributed by atoms with Gasteiger partial charge in [0, 0.05) is 13.2 Å². The monoisotopic (exact) mass is 241 g/mol. The van der Waals surface area contributed by atoms with E-state index >= 15 is 0 Å². The summed E-state index contributed by atoms with van der Waals surface area (Å²) in [7, 11) is 0. The normalized spacial score (nSPS) is 13.1. The Balaban J connectivity index is 2.84. The van der Waals surface area contributed by atoms with Crippen LogP contribution in [0.1, 0.15) is 31.0 Å². The molecule has 4 heteroatoms. The lowest BCUT2D eigenvalue weighted by Crippen LogP contribution is -2.31. The van der Waals surface area contributed by atoms with Crippen molar-refractivity contribution in [3.63, 3.8) is 0 Å². The minimum absolute atomic E-state index is 0.231. The lowest BCUT2D eigenvalue weighted by molar-refractivity contribution is -0.149. The van der Waals surface area contributed by atoms with E-state index in [9.17, 15) is 4.39 Å². The van der Waals surface area contributed by atoms with Gasteiger partial charge in [-0.3, -0.25) is 0 Å². The summed E-state index contributed by atoms with van der Waals surface area (Å²) in [4.78, 5) is 0. The second kappa shape index (κ2) is 6.69. The van der Waals surface area contributed by atoms with Gasteiger partial charge in [0.05, 0.1) is 6.04 Å². The fourth-order valence-electron chi connectivity index (χ4n) is 1.62. The number of halogens is 1. The van der Waals surface area contributed by atoms with Crippen LogP contribution in [0, 0.1) is 12.7 Å². The van der Waals surface area contributed by atoms with E-state index in [4.69, 9.17) is 15.2 Å². The third-order valence-electron chi connectivity index (χ3n) is 2.52. The quantitative estimate of drug-likeness (QED) is 0.778. The summed E-state index contributed by atoms with van der Waals surface area (Å²) in [6.07, 6.45) is -0.491. The molecule has 3 nitrogen and oxygen atoms in total. The lowest BCUT2D eigenvalue weighted by Gasteiger charge is -2.24. The first-order valence-electron chi connectivity index (χ1n) is 5.85. The third-order valence-corrected chi connectivity index (χ3v) is 2.52. The zero-order valence-corrected chi connectivity index (χ0v) is 10.6. The number of hydrogen-bond donors (Lipinski definition) is 1. The van der Waals surface area contributed by atoms with Crippen molar-refractivity contribution in [3.8, 4) is 0 Å². The largest absolute Gasteiger partial charge is 0.351 e. The van der Waals surface area contributed by atoms with E-state index in [1.807, 2.05) is 13.8 Å². The molecule has 0 radical (unpaired) electrons. The van der Waals surface area contributed by atoms with Gasteiger partial charge < -0.3 is 15.2 Å². The summed E-state index contributed by atoms with van der Waals surface area (Å²) in [6, 6.07) is 4.40. The first kappa shape index (κ1) is 14.1. The Morgan fingerprint density at radius 2 is 1.82 bits per heavy atom. The molecule has 0 aliphatic heterocycles. The molecule has 1 atom stereocenters. The molecule has 0 amide bonds. The second-order valence-corrected chi connectivity index (χ2v) is 3.81. The smallest absolute Gasteiger partial charge is 0.176 e. The molecule has 1 rings (SSSR count). The van der Waals surface area contributed by atoms with Gasteiger partial charge in [-0.1, -0.05) is 12.1 Å². The number of nitrogens with two attached hydrogens (primary N) is 1. The predicted molar refractivity (Wildman–Crippen MR) is 65.1 cm³/mol. The highest BCUT2D eigenvalue weighted by atomic mass is 19.1. The molecule has 0 aliphatic carbocycles. The lowest BCUT2D eigenvalue weighted by atomic mass is 10.0. The summed E-state index contributed by atoms with van der Waals surface area (Å²) >= 11 is 0. The fourth-order valence-corrected chi connectivity index (χ4v) is 1.62. The van der Waals surface area contributed by atoms with Crippen LogP contribution in [0.2, 0.25) is 0 Å². The van der Waals surface area contributed by atoms with Crippen LogP contribution in [-0.2, 0) is 9.47 Å². The summed E-state index contributed by atoms with van der Waals surface area (Å²) in [5, 5.41) is 0. The summed E-state index contributed by atoms with van der Waals surface area (Å²) in [5.41, 5.74) is 7.45. The first-order valence-corrected chi connectivity index (χ1v) is 5.85. The van der Waals surface area contributed by atoms with Gasteiger partial charge in [0.1, 0.15) is 5.82 Å². The Labute approximate surface area is 102 Å². The maximum atomic E-state index is 13.2. The number of aryl methyl sites for hydroxylation is 1. The van der Waals surface area contributed by atoms with Gasteiger partial charge in [-0.05, 0) is 38.0 Å². The predicted octanol–water partition coefficient (Wildman–Crippen LogP) is 2.53. The van der Waals surface area contributed by atoms with Crippen molar-refractivity contribution < 1.29 is 13.9 Å². The summed E-state index contributed by atoms with van der Waals surface area (Å²) < 4.78 is 24.0. The molecule has 0 aliphatic rings. The van der Waals surface area contributed by atoms with E-state index in [1.165, 1.54) is 6.07 Å². The van der Waals surface area contributed by atoms with Gasteiger partial charge in [0.2, 0.25) is 0 Å². The highest BCUT2D eigenvalue weighted by molar-refractivity contribution is 5.26. The van der Waals surface area contributed by atoms with Gasteiger partial charge in [0.15, 0.2) is 6.29 Å². The van der Waals surface area contributed by atoms with E-state index in [0.29, 0.717) is 18.8 Å². The molecule has 0 heterocycles. The van der Waals surface area contributed by atoms with E-state index in [1.54, 1.807) is 19.1 Å². The first-order chi connectivity index (χ1) is 8.10. The van der Waals surface area contributed by atoms with Crippen molar-refractivity contribution in [2.75, 3.05) is 13.2 Å². The molecule has 2 N–H and O–H groups in total. The van der Waals surface area contributed by atoms with E-state index in [-0.39, 0.29) is 5.82 Å². The number of ether oxygens (including phenoxy) is 2. The van der Waals surface area contributed by atoms with Crippen LogP contribution >= 0.6 is 0 Å². The molecule has 17 heavy (non-hydrogen) atoms. The van der Waals surface area contributed by atoms with Crippen molar-refractivity contribution in [1.82, 2.24) is 0 Å². The van der Waals surface area contributed by atoms with E-state index < -0.39 is 12.3 Å². The molecule has 1 aromatic rings. The second-order valence-electron chi connectivity index (χ2n) is 3.81. The SMILES string of the molecule is CCOC(OCC)C(N)c1ccc(F)c(C)c1. The molecular formula is C13H20FNO2. The zero-order valence-electron chi connectivity index (χ0n) is 10.6. The Kier molecular flexibility index (Phi) is 5.55. The molecule has 96 valence electrons. The molecule has 1 aromatic carbocycles. The van der Waals surface area contributed by atoms with Crippen LogP contribution in [0.4, 0.5) is 4.39 Å². The molecule has 1 unspecified atom stereocenters. The zero-order chi connectivity index (χ0) is 12.8. The Bertz CT molecular complexity index is 351. The van der Waals surface area contributed by atoms with Crippen LogP contribution in [0.3, 0.4) is 0 Å². The van der Waals surface area contributed by atoms with Crippen LogP contribution in [-0.4, -0.2) is 19.5 Å². The number of benzene rings is 1. The van der Waals surface area contributed by atoms with Crippen LogP contribution in [0.25, 0.3) is 0 Å². The van der Waals surface area contributed by atoms with Crippen LogP contribution < -0.4 is 5.73 Å². The van der Waals surface area contributed by atoms with Crippen molar-refractivity contribution in [1.29, 1.82) is 0 Å². The van der Waals surface area contributed by atoms with Gasteiger partial charge in [-0.2, -0.15) is 0 Å². The standard InChI is InChI=1S/C13H20FNO2/c1-4-16-13(17-5-2)12(15)10-6-7-11(14)9(3)8-10/h6-8,12-13H,4-5,15H2,1-3H3. The Morgan fingerprint density at radius 1 is 1.24 bits per heavy atom. The third kappa shape index (κ3) is 3.77. The maximum absolute atomic E-state index is 13.2. The number of rotatable bonds is 6. The van der Waals surface area contributed by atoms with Crippen molar-refractivity contribution in [2.45, 2.75) is 33.1 Å². The summed E-state index contributed by atoms with van der Waals surface area (Å²) in [6.45, 7) is 6.53. The molecule has 0 saturated carbocycles. The average molecular weight is 241 g/mol. The Morgan fingerprint density at radius 3 is 2.29 bits per heavy atom.